The van der Waals surface area contributed by atoms with Crippen molar-refractivity contribution >= 4 is 16.7 Å². The number of carbonyl (C=O) groups is 1. The van der Waals surface area contributed by atoms with Crippen LogP contribution >= 0.6 is 0 Å². The average Bonchev–Trinajstić information content (AvgIpc) is 2.55. The summed E-state index contributed by atoms with van der Waals surface area (Å²) in [6, 6.07) is 7.92. The Hall–Kier alpha value is -1.57. The molecule has 0 fully saturated rings. The lowest BCUT2D eigenvalue weighted by Gasteiger charge is -1.95. The molecule has 0 saturated carbocycles. The van der Waals surface area contributed by atoms with Crippen molar-refractivity contribution in [2.24, 2.45) is 0 Å². The Labute approximate surface area is 82.9 Å². The number of H-pyrrole nitrogens is 1. The third-order valence-electron chi connectivity index (χ3n) is 2.49. The minimum Gasteiger partial charge on any atom is -0.358 e. The zero-order valence-corrected chi connectivity index (χ0v) is 8.42. The molecule has 0 radical (unpaired) electrons. The van der Waals surface area contributed by atoms with Gasteiger partial charge in [-0.2, -0.15) is 0 Å². The summed E-state index contributed by atoms with van der Waals surface area (Å²) in [7, 11) is 0. The van der Waals surface area contributed by atoms with Gasteiger partial charge in [0.05, 0.1) is 0 Å². The van der Waals surface area contributed by atoms with Gasteiger partial charge in [0.15, 0.2) is 5.78 Å². The number of hydrogen-bond acceptors (Lipinski definition) is 1. The third kappa shape index (κ3) is 1.23. The first-order valence-corrected chi connectivity index (χ1v) is 4.84. The van der Waals surface area contributed by atoms with Crippen molar-refractivity contribution in [2.75, 3.05) is 0 Å². The molecule has 0 unspecified atom stereocenters. The predicted octanol–water partition coefficient (Wildman–Crippen LogP) is 2.93. The first-order chi connectivity index (χ1) is 6.74. The molecule has 1 N–H and O–H groups in total. The molecule has 1 aromatic heterocycles. The third-order valence-corrected chi connectivity index (χ3v) is 2.49. The van der Waals surface area contributed by atoms with E-state index in [0.29, 0.717) is 0 Å². The molecule has 1 heterocycles. The first kappa shape index (κ1) is 9.00. The summed E-state index contributed by atoms with van der Waals surface area (Å²) in [6.07, 6.45) is 0.865. The molecule has 0 saturated heterocycles. The minimum absolute atomic E-state index is 0.138. The fraction of sp³-hybridized carbons (Fsp3) is 0.250. The van der Waals surface area contributed by atoms with E-state index < -0.39 is 0 Å². The second-order valence-electron chi connectivity index (χ2n) is 3.43. The number of aromatic amines is 1. The Morgan fingerprint density at radius 2 is 2.07 bits per heavy atom. The fourth-order valence-corrected chi connectivity index (χ4v) is 1.87. The van der Waals surface area contributed by atoms with E-state index in [9.17, 15) is 4.79 Å². The van der Waals surface area contributed by atoms with E-state index in [1.54, 1.807) is 6.92 Å². The van der Waals surface area contributed by atoms with Crippen molar-refractivity contribution in [1.29, 1.82) is 0 Å². The topological polar surface area (TPSA) is 32.9 Å². The van der Waals surface area contributed by atoms with Crippen LogP contribution in [0.1, 0.15) is 29.9 Å². The van der Waals surface area contributed by atoms with Crippen LogP contribution in [-0.4, -0.2) is 10.8 Å². The Morgan fingerprint density at radius 3 is 2.71 bits per heavy atom. The molecular weight excluding hydrogens is 174 g/mol. The molecule has 0 aliphatic heterocycles. The molecule has 72 valence electrons. The molecule has 0 aliphatic carbocycles. The highest BCUT2D eigenvalue weighted by Crippen LogP contribution is 2.22. The van der Waals surface area contributed by atoms with Crippen molar-refractivity contribution in [1.82, 2.24) is 4.98 Å². The first-order valence-electron chi connectivity index (χ1n) is 4.84. The second-order valence-corrected chi connectivity index (χ2v) is 3.43. The number of aromatic nitrogens is 1. The smallest absolute Gasteiger partial charge is 0.162 e. The Kier molecular flexibility index (Phi) is 2.12. The lowest BCUT2D eigenvalue weighted by molar-refractivity contribution is 0.101. The molecule has 2 aromatic rings. The van der Waals surface area contributed by atoms with Gasteiger partial charge in [-0.3, -0.25) is 4.79 Å². The number of rotatable bonds is 2. The maximum atomic E-state index is 11.5. The van der Waals surface area contributed by atoms with E-state index in [1.165, 1.54) is 0 Å². The summed E-state index contributed by atoms with van der Waals surface area (Å²) in [5, 5.41) is 1.04. The van der Waals surface area contributed by atoms with Crippen LogP contribution in [0.15, 0.2) is 24.3 Å². The van der Waals surface area contributed by atoms with E-state index in [1.807, 2.05) is 24.3 Å². The quantitative estimate of drug-likeness (QED) is 0.720. The van der Waals surface area contributed by atoms with Crippen LogP contribution in [-0.2, 0) is 6.42 Å². The van der Waals surface area contributed by atoms with Gasteiger partial charge >= 0.3 is 0 Å². The zero-order chi connectivity index (χ0) is 10.1. The average molecular weight is 187 g/mol. The summed E-state index contributed by atoms with van der Waals surface area (Å²) >= 11 is 0. The Morgan fingerprint density at radius 1 is 1.36 bits per heavy atom. The molecular formula is C12H13NO. The number of carbonyl (C=O) groups excluding carboxylic acids is 1. The number of ketones is 1. The number of fused-ring (bicyclic) bond motifs is 1. The second kappa shape index (κ2) is 3.29. The van der Waals surface area contributed by atoms with Gasteiger partial charge in [0.1, 0.15) is 0 Å². The molecule has 1 aromatic carbocycles. The number of Topliss-reactive ketones (excluding diaryl/α,β-unsaturated/α-hetero) is 1. The van der Waals surface area contributed by atoms with Crippen LogP contribution < -0.4 is 0 Å². The van der Waals surface area contributed by atoms with Gasteiger partial charge in [0.2, 0.25) is 0 Å². The van der Waals surface area contributed by atoms with Crippen LogP contribution in [0.5, 0.6) is 0 Å². The normalized spacial score (nSPS) is 10.7. The highest BCUT2D eigenvalue weighted by Gasteiger charge is 2.12. The number of para-hydroxylation sites is 1. The van der Waals surface area contributed by atoms with E-state index in [4.69, 9.17) is 0 Å². The summed E-state index contributed by atoms with van der Waals surface area (Å²) in [5.41, 5.74) is 2.94. The van der Waals surface area contributed by atoms with Gasteiger partial charge in [-0.15, -0.1) is 0 Å². The molecule has 0 bridgehead atoms. The Balaban J connectivity index is 2.81. The van der Waals surface area contributed by atoms with Crippen LogP contribution in [0.4, 0.5) is 0 Å². The maximum absolute atomic E-state index is 11.5. The molecule has 2 heteroatoms. The molecule has 2 nitrogen and oxygen atoms in total. The monoisotopic (exact) mass is 187 g/mol. The van der Waals surface area contributed by atoms with Crippen LogP contribution in [0.2, 0.25) is 0 Å². The number of benzene rings is 1. The summed E-state index contributed by atoms with van der Waals surface area (Å²) in [4.78, 5) is 14.8. The molecule has 0 atom stereocenters. The Bertz CT molecular complexity index is 482. The SMILES string of the molecule is CCc1[nH]c2ccccc2c1C(C)=O. The van der Waals surface area contributed by atoms with E-state index >= 15 is 0 Å². The van der Waals surface area contributed by atoms with E-state index in [-0.39, 0.29) is 5.78 Å². The van der Waals surface area contributed by atoms with Crippen LogP contribution in [0.3, 0.4) is 0 Å². The van der Waals surface area contributed by atoms with Crippen LogP contribution in [0, 0.1) is 0 Å². The van der Waals surface area contributed by atoms with Gasteiger partial charge in [0, 0.05) is 22.2 Å². The van der Waals surface area contributed by atoms with Gasteiger partial charge in [-0.05, 0) is 19.4 Å². The van der Waals surface area contributed by atoms with Crippen molar-refractivity contribution < 1.29 is 4.79 Å². The largest absolute Gasteiger partial charge is 0.358 e. The number of aryl methyl sites for hydroxylation is 1. The molecule has 0 aliphatic rings. The van der Waals surface area contributed by atoms with Gasteiger partial charge in [-0.1, -0.05) is 25.1 Å². The van der Waals surface area contributed by atoms with Gasteiger partial charge < -0.3 is 4.98 Å². The lowest BCUT2D eigenvalue weighted by atomic mass is 10.1. The summed E-state index contributed by atoms with van der Waals surface area (Å²) in [5.74, 6) is 0.138. The molecule has 0 amide bonds. The standard InChI is InChI=1S/C12H13NO/c1-3-10-12(8(2)14)9-6-4-5-7-11(9)13-10/h4-7,13H,3H2,1-2H3. The lowest BCUT2D eigenvalue weighted by Crippen LogP contribution is -1.95. The maximum Gasteiger partial charge on any atom is 0.162 e. The molecule has 14 heavy (non-hydrogen) atoms. The fourth-order valence-electron chi connectivity index (χ4n) is 1.87. The summed E-state index contributed by atoms with van der Waals surface area (Å²) in [6.45, 7) is 3.67. The summed E-state index contributed by atoms with van der Waals surface area (Å²) < 4.78 is 0. The number of hydrogen-bond donors (Lipinski definition) is 1. The zero-order valence-electron chi connectivity index (χ0n) is 8.42. The van der Waals surface area contributed by atoms with Crippen molar-refractivity contribution in [3.63, 3.8) is 0 Å². The van der Waals surface area contributed by atoms with E-state index in [0.717, 1.165) is 28.6 Å². The van der Waals surface area contributed by atoms with E-state index in [2.05, 4.69) is 11.9 Å². The molecule has 2 rings (SSSR count). The van der Waals surface area contributed by atoms with Gasteiger partial charge in [0.25, 0.3) is 0 Å². The highest BCUT2D eigenvalue weighted by atomic mass is 16.1. The number of nitrogens with one attached hydrogen (secondary N) is 1. The van der Waals surface area contributed by atoms with Gasteiger partial charge in [-0.25, -0.2) is 0 Å². The predicted molar refractivity (Wildman–Crippen MR) is 57.7 cm³/mol. The van der Waals surface area contributed by atoms with Crippen LogP contribution in [0.25, 0.3) is 10.9 Å². The van der Waals surface area contributed by atoms with Crippen molar-refractivity contribution in [3.05, 3.63) is 35.5 Å². The van der Waals surface area contributed by atoms with Crippen molar-refractivity contribution in [3.8, 4) is 0 Å². The molecule has 0 spiro atoms. The van der Waals surface area contributed by atoms with Crippen molar-refractivity contribution in [2.45, 2.75) is 20.3 Å². The minimum atomic E-state index is 0.138. The highest BCUT2D eigenvalue weighted by molar-refractivity contribution is 6.08.